The molecule has 0 N–H and O–H groups in total. The van der Waals surface area contributed by atoms with E-state index in [1.54, 1.807) is 0 Å². The highest BCUT2D eigenvalue weighted by Crippen LogP contribution is 2.32. The Morgan fingerprint density at radius 2 is 1.28 bits per heavy atom. The van der Waals surface area contributed by atoms with Crippen molar-refractivity contribution in [3.63, 3.8) is 0 Å². The van der Waals surface area contributed by atoms with Crippen molar-refractivity contribution >= 4 is 0 Å². The first-order valence-corrected chi connectivity index (χ1v) is 13.3. The summed E-state index contributed by atoms with van der Waals surface area (Å²) in [6.07, 6.45) is 3.97. The Morgan fingerprint density at radius 1 is 0.538 bits per heavy atom. The fraction of sp³-hybridized carbons (Fsp3) is 0.0833. The molecule has 3 aromatic heterocycles. The molecule has 0 aliphatic heterocycles. The van der Waals surface area contributed by atoms with Gasteiger partial charge in [-0.1, -0.05) is 59.7 Å². The summed E-state index contributed by atoms with van der Waals surface area (Å²) >= 11 is 0. The summed E-state index contributed by atoms with van der Waals surface area (Å²) in [7, 11) is 0. The third-order valence-electron chi connectivity index (χ3n) is 7.11. The Morgan fingerprint density at radius 3 is 2.10 bits per heavy atom. The van der Waals surface area contributed by atoms with Gasteiger partial charge in [0, 0.05) is 52.2 Å². The van der Waals surface area contributed by atoms with Gasteiger partial charge in [0.15, 0.2) is 6.20 Å². The van der Waals surface area contributed by atoms with Gasteiger partial charge in [0.05, 0.1) is 17.1 Å². The predicted octanol–water partition coefficient (Wildman–Crippen LogP) is 8.35. The number of benzene rings is 3. The van der Waals surface area contributed by atoms with Crippen LogP contribution in [0.15, 0.2) is 128 Å². The second kappa shape index (κ2) is 10.5. The molecule has 188 valence electrons. The van der Waals surface area contributed by atoms with E-state index in [0.717, 1.165) is 45.2 Å². The summed E-state index contributed by atoms with van der Waals surface area (Å²) in [6.45, 7) is 6.39. The summed E-state index contributed by atoms with van der Waals surface area (Å²) in [5.41, 5.74) is 13.2. The lowest BCUT2D eigenvalue weighted by atomic mass is 9.98. The van der Waals surface area contributed by atoms with E-state index in [0.29, 0.717) is 0 Å². The summed E-state index contributed by atoms with van der Waals surface area (Å²) in [5.74, 6) is 0. The van der Waals surface area contributed by atoms with E-state index in [1.807, 2.05) is 24.4 Å². The van der Waals surface area contributed by atoms with Gasteiger partial charge >= 0.3 is 0 Å². The zero-order chi connectivity index (χ0) is 26.8. The molecule has 3 nitrogen and oxygen atoms in total. The summed E-state index contributed by atoms with van der Waals surface area (Å²) < 4.78 is 2.27. The highest BCUT2D eigenvalue weighted by atomic mass is 15.0. The summed E-state index contributed by atoms with van der Waals surface area (Å²) in [6, 6.07) is 40.4. The van der Waals surface area contributed by atoms with Crippen LogP contribution in [0.2, 0.25) is 0 Å². The zero-order valence-corrected chi connectivity index (χ0v) is 22.5. The lowest BCUT2D eigenvalue weighted by Gasteiger charge is -2.12. The molecule has 0 saturated carbocycles. The normalized spacial score (nSPS) is 10.9. The molecule has 3 aromatic carbocycles. The molecule has 0 aliphatic rings. The van der Waals surface area contributed by atoms with Crippen molar-refractivity contribution in [2.24, 2.45) is 0 Å². The lowest BCUT2D eigenvalue weighted by molar-refractivity contribution is -0.584. The van der Waals surface area contributed by atoms with Crippen molar-refractivity contribution < 1.29 is 4.57 Å². The molecule has 0 unspecified atom stereocenters. The minimum Gasteiger partial charge on any atom is -0.256 e. The first-order chi connectivity index (χ1) is 19.1. The number of aromatic nitrogens is 3. The second-order valence-electron chi connectivity index (χ2n) is 10.00. The maximum absolute atomic E-state index is 5.16. The number of hydrogen-bond acceptors (Lipinski definition) is 2. The van der Waals surface area contributed by atoms with Gasteiger partial charge in [0.25, 0.3) is 0 Å². The maximum Gasteiger partial charge on any atom is 0.218 e. The van der Waals surface area contributed by atoms with E-state index in [2.05, 4.69) is 134 Å². The lowest BCUT2D eigenvalue weighted by Crippen LogP contribution is -2.33. The second-order valence-corrected chi connectivity index (χ2v) is 10.00. The van der Waals surface area contributed by atoms with Crippen molar-refractivity contribution in [3.05, 3.63) is 144 Å². The van der Waals surface area contributed by atoms with Crippen LogP contribution in [0.25, 0.3) is 50.7 Å². The molecule has 6 rings (SSSR count). The molecular weight excluding hydrogens is 474 g/mol. The van der Waals surface area contributed by atoms with Crippen LogP contribution >= 0.6 is 0 Å². The van der Waals surface area contributed by atoms with Crippen LogP contribution in [-0.2, 0) is 0 Å². The standard InChI is InChI=1S/C36H30N3/c1-25-13-17-28(18-14-25)35-12-5-7-22-39(35)36-24-29(19-16-27(36)3)32-10-8-11-34(38-32)31-23-26(2)15-20-30(31)33-9-4-6-21-37-33/h4-24H,1-3H3/q+1. The van der Waals surface area contributed by atoms with Crippen molar-refractivity contribution in [2.45, 2.75) is 20.8 Å². The van der Waals surface area contributed by atoms with E-state index < -0.39 is 0 Å². The molecular formula is C36H30N3+. The smallest absolute Gasteiger partial charge is 0.218 e. The first kappa shape index (κ1) is 24.4. The molecule has 0 spiro atoms. The number of pyridine rings is 3. The third kappa shape index (κ3) is 4.99. The SMILES string of the molecule is Cc1ccc(-c2cccc[n+]2-c2cc(-c3cccc(-c4cc(C)ccc4-c4ccccn4)n3)ccc2C)cc1. The fourth-order valence-electron chi connectivity index (χ4n) is 5.00. The Hall–Kier alpha value is -4.89. The van der Waals surface area contributed by atoms with E-state index in [4.69, 9.17) is 4.98 Å². The van der Waals surface area contributed by atoms with Crippen LogP contribution in [0.5, 0.6) is 0 Å². The highest BCUT2D eigenvalue weighted by molar-refractivity contribution is 5.81. The molecule has 3 heteroatoms. The van der Waals surface area contributed by atoms with Gasteiger partial charge in [0.2, 0.25) is 11.4 Å². The fourth-order valence-corrected chi connectivity index (χ4v) is 5.00. The molecule has 6 aromatic rings. The topological polar surface area (TPSA) is 29.7 Å². The molecule has 0 fully saturated rings. The van der Waals surface area contributed by atoms with Crippen molar-refractivity contribution in [2.75, 3.05) is 0 Å². The minimum atomic E-state index is 0.937. The van der Waals surface area contributed by atoms with Crippen LogP contribution in [-0.4, -0.2) is 9.97 Å². The predicted molar refractivity (Wildman–Crippen MR) is 160 cm³/mol. The highest BCUT2D eigenvalue weighted by Gasteiger charge is 2.19. The van der Waals surface area contributed by atoms with E-state index in [1.165, 1.54) is 22.3 Å². The van der Waals surface area contributed by atoms with E-state index in [-0.39, 0.29) is 0 Å². The largest absolute Gasteiger partial charge is 0.256 e. The van der Waals surface area contributed by atoms with Crippen LogP contribution < -0.4 is 4.57 Å². The Balaban J connectivity index is 1.45. The quantitative estimate of drug-likeness (QED) is 0.221. The van der Waals surface area contributed by atoms with E-state index in [9.17, 15) is 0 Å². The molecule has 0 atom stereocenters. The average Bonchev–Trinajstić information content (AvgIpc) is 2.98. The van der Waals surface area contributed by atoms with Gasteiger partial charge in [-0.15, -0.1) is 0 Å². The molecule has 0 aliphatic carbocycles. The average molecular weight is 505 g/mol. The van der Waals surface area contributed by atoms with Crippen molar-refractivity contribution in [1.82, 2.24) is 9.97 Å². The third-order valence-corrected chi connectivity index (χ3v) is 7.11. The number of aryl methyl sites for hydroxylation is 3. The molecule has 0 saturated heterocycles. The van der Waals surface area contributed by atoms with E-state index >= 15 is 0 Å². The number of rotatable bonds is 5. The van der Waals surface area contributed by atoms with Crippen LogP contribution in [0, 0.1) is 20.8 Å². The van der Waals surface area contributed by atoms with Gasteiger partial charge in [-0.2, -0.15) is 4.57 Å². The van der Waals surface area contributed by atoms with Gasteiger partial charge in [-0.05, 0) is 69.3 Å². The van der Waals surface area contributed by atoms with Gasteiger partial charge in [-0.25, -0.2) is 4.98 Å². The summed E-state index contributed by atoms with van der Waals surface area (Å²) in [4.78, 5) is 9.77. The van der Waals surface area contributed by atoms with Crippen molar-refractivity contribution in [3.8, 4) is 50.7 Å². The number of nitrogens with zero attached hydrogens (tertiary/aromatic N) is 3. The Kier molecular flexibility index (Phi) is 6.56. The van der Waals surface area contributed by atoms with Crippen LogP contribution in [0.3, 0.4) is 0 Å². The van der Waals surface area contributed by atoms with Gasteiger partial charge in [0.1, 0.15) is 0 Å². The molecule has 0 amide bonds. The Bertz CT molecular complexity index is 1770. The summed E-state index contributed by atoms with van der Waals surface area (Å²) in [5, 5.41) is 0. The van der Waals surface area contributed by atoms with Gasteiger partial charge < -0.3 is 0 Å². The maximum atomic E-state index is 5.16. The molecule has 3 heterocycles. The Labute approximate surface area is 230 Å². The molecule has 0 bridgehead atoms. The van der Waals surface area contributed by atoms with Crippen LogP contribution in [0.4, 0.5) is 0 Å². The monoisotopic (exact) mass is 504 g/mol. The van der Waals surface area contributed by atoms with Gasteiger partial charge in [-0.3, -0.25) is 4.98 Å². The minimum absolute atomic E-state index is 0.937. The van der Waals surface area contributed by atoms with Crippen molar-refractivity contribution in [1.29, 1.82) is 0 Å². The first-order valence-electron chi connectivity index (χ1n) is 13.3. The molecule has 0 radical (unpaired) electrons. The van der Waals surface area contributed by atoms with Crippen LogP contribution in [0.1, 0.15) is 16.7 Å². The number of hydrogen-bond donors (Lipinski definition) is 0. The molecule has 39 heavy (non-hydrogen) atoms. The zero-order valence-electron chi connectivity index (χ0n) is 22.5.